The standard InChI is InChI=1S/C16H12F3N5O/c1-10(16(17,18)19)24(9-25)15-12-4-7-21-8-13(12)22-14(23-15)11-2-5-20-6-3-11/h2-10H,1H3/t10-/m0/s1. The molecule has 128 valence electrons. The molecule has 3 aromatic rings. The third-order valence-corrected chi connectivity index (χ3v) is 3.67. The van der Waals surface area contributed by atoms with Crippen LogP contribution in [-0.4, -0.2) is 38.6 Å². The van der Waals surface area contributed by atoms with E-state index in [1.165, 1.54) is 30.9 Å². The second kappa shape index (κ2) is 6.42. The van der Waals surface area contributed by atoms with Crippen molar-refractivity contribution in [3.63, 3.8) is 0 Å². The van der Waals surface area contributed by atoms with Crippen molar-refractivity contribution in [2.24, 2.45) is 0 Å². The maximum atomic E-state index is 13.1. The van der Waals surface area contributed by atoms with Crippen molar-refractivity contribution in [2.45, 2.75) is 19.1 Å². The van der Waals surface area contributed by atoms with E-state index in [0.717, 1.165) is 6.92 Å². The molecule has 0 N–H and O–H groups in total. The third kappa shape index (κ3) is 3.25. The first-order chi connectivity index (χ1) is 11.9. The highest BCUT2D eigenvalue weighted by Crippen LogP contribution is 2.32. The summed E-state index contributed by atoms with van der Waals surface area (Å²) in [6, 6.07) is 2.68. The quantitative estimate of drug-likeness (QED) is 0.679. The van der Waals surface area contributed by atoms with Crippen LogP contribution in [-0.2, 0) is 4.79 Å². The molecule has 0 fully saturated rings. The minimum absolute atomic E-state index is 0.122. The zero-order chi connectivity index (χ0) is 18.0. The Kier molecular flexibility index (Phi) is 4.30. The molecule has 0 unspecified atom stereocenters. The average Bonchev–Trinajstić information content (AvgIpc) is 2.62. The van der Waals surface area contributed by atoms with Crippen LogP contribution in [0.1, 0.15) is 6.92 Å². The van der Waals surface area contributed by atoms with Crippen molar-refractivity contribution in [1.82, 2.24) is 19.9 Å². The van der Waals surface area contributed by atoms with Crippen LogP contribution in [0.25, 0.3) is 22.3 Å². The fraction of sp³-hybridized carbons (Fsp3) is 0.188. The normalized spacial score (nSPS) is 12.8. The summed E-state index contributed by atoms with van der Waals surface area (Å²) in [5.74, 6) is 0.0539. The lowest BCUT2D eigenvalue weighted by atomic mass is 10.2. The maximum Gasteiger partial charge on any atom is 0.409 e. The second-order valence-electron chi connectivity index (χ2n) is 5.23. The molecule has 0 saturated carbocycles. The third-order valence-electron chi connectivity index (χ3n) is 3.67. The Hall–Kier alpha value is -3.10. The molecule has 0 spiro atoms. The van der Waals surface area contributed by atoms with Gasteiger partial charge >= 0.3 is 6.18 Å². The van der Waals surface area contributed by atoms with Gasteiger partial charge in [0.05, 0.1) is 11.7 Å². The summed E-state index contributed by atoms with van der Waals surface area (Å²) in [6.45, 7) is 0.898. The molecule has 0 aliphatic carbocycles. The van der Waals surface area contributed by atoms with Gasteiger partial charge in [0.25, 0.3) is 0 Å². The minimum atomic E-state index is -4.60. The smallest absolute Gasteiger partial charge is 0.287 e. The van der Waals surface area contributed by atoms with Gasteiger partial charge in [0, 0.05) is 29.5 Å². The lowest BCUT2D eigenvalue weighted by Gasteiger charge is -2.27. The van der Waals surface area contributed by atoms with Crippen LogP contribution in [0.4, 0.5) is 19.0 Å². The number of pyridine rings is 2. The van der Waals surface area contributed by atoms with Gasteiger partial charge in [-0.1, -0.05) is 0 Å². The van der Waals surface area contributed by atoms with Crippen LogP contribution in [0.15, 0.2) is 43.0 Å². The number of carbonyl (C=O) groups is 1. The molecule has 0 bridgehead atoms. The summed E-state index contributed by atoms with van der Waals surface area (Å²) < 4.78 is 39.4. The Bertz CT molecular complexity index is 901. The number of nitrogens with zero attached hydrogens (tertiary/aromatic N) is 5. The van der Waals surface area contributed by atoms with E-state index < -0.39 is 12.2 Å². The molecule has 6 nitrogen and oxygen atoms in total. The SMILES string of the molecule is C[C@H](N(C=O)c1nc(-c2ccncc2)nc2cnccc12)C(F)(F)F. The highest BCUT2D eigenvalue weighted by atomic mass is 19.4. The molecule has 0 saturated heterocycles. The Labute approximate surface area is 140 Å². The van der Waals surface area contributed by atoms with E-state index in [2.05, 4.69) is 19.9 Å². The van der Waals surface area contributed by atoms with E-state index in [-0.39, 0.29) is 18.1 Å². The average molecular weight is 347 g/mol. The second-order valence-corrected chi connectivity index (χ2v) is 5.23. The van der Waals surface area contributed by atoms with Crippen LogP contribution in [0, 0.1) is 0 Å². The van der Waals surface area contributed by atoms with Gasteiger partial charge in [0.2, 0.25) is 6.41 Å². The molecule has 3 rings (SSSR count). The van der Waals surface area contributed by atoms with Gasteiger partial charge in [0.1, 0.15) is 11.9 Å². The van der Waals surface area contributed by atoms with Crippen molar-refractivity contribution < 1.29 is 18.0 Å². The molecule has 0 aliphatic rings. The molecule has 1 amide bonds. The van der Waals surface area contributed by atoms with Gasteiger partial charge in [-0.05, 0) is 25.1 Å². The minimum Gasteiger partial charge on any atom is -0.287 e. The number of aromatic nitrogens is 4. The number of alkyl halides is 3. The van der Waals surface area contributed by atoms with Crippen LogP contribution in [0.5, 0.6) is 0 Å². The van der Waals surface area contributed by atoms with E-state index in [1.54, 1.807) is 12.1 Å². The lowest BCUT2D eigenvalue weighted by molar-refractivity contribution is -0.147. The van der Waals surface area contributed by atoms with Gasteiger partial charge in [-0.15, -0.1) is 0 Å². The zero-order valence-corrected chi connectivity index (χ0v) is 13.0. The summed E-state index contributed by atoms with van der Waals surface area (Å²) in [5.41, 5.74) is 0.896. The van der Waals surface area contributed by atoms with Crippen molar-refractivity contribution in [2.75, 3.05) is 4.90 Å². The number of anilines is 1. The summed E-state index contributed by atoms with van der Waals surface area (Å²) in [4.78, 5) is 28.3. The molecule has 25 heavy (non-hydrogen) atoms. The number of amides is 1. The Balaban J connectivity index is 2.24. The van der Waals surface area contributed by atoms with E-state index in [4.69, 9.17) is 0 Å². The van der Waals surface area contributed by atoms with E-state index in [1.807, 2.05) is 0 Å². The fourth-order valence-corrected chi connectivity index (χ4v) is 2.27. The first-order valence-electron chi connectivity index (χ1n) is 7.24. The predicted molar refractivity (Wildman–Crippen MR) is 84.6 cm³/mol. The molecule has 0 aromatic carbocycles. The first-order valence-corrected chi connectivity index (χ1v) is 7.24. The van der Waals surface area contributed by atoms with E-state index >= 15 is 0 Å². The summed E-state index contributed by atoms with van der Waals surface area (Å²) >= 11 is 0. The molecule has 1 atom stereocenters. The Morgan fingerprint density at radius 1 is 1.08 bits per heavy atom. The van der Waals surface area contributed by atoms with E-state index in [0.29, 0.717) is 21.4 Å². The Morgan fingerprint density at radius 3 is 2.40 bits per heavy atom. The molecule has 0 aliphatic heterocycles. The molecule has 3 heterocycles. The Morgan fingerprint density at radius 2 is 1.76 bits per heavy atom. The topological polar surface area (TPSA) is 71.9 Å². The largest absolute Gasteiger partial charge is 0.409 e. The van der Waals surface area contributed by atoms with Crippen molar-refractivity contribution in [1.29, 1.82) is 0 Å². The highest BCUT2D eigenvalue weighted by molar-refractivity contribution is 5.95. The van der Waals surface area contributed by atoms with Crippen LogP contribution in [0.2, 0.25) is 0 Å². The summed E-state index contributed by atoms with van der Waals surface area (Å²) in [7, 11) is 0. The van der Waals surface area contributed by atoms with Gasteiger partial charge in [-0.2, -0.15) is 13.2 Å². The summed E-state index contributed by atoms with van der Waals surface area (Å²) in [5, 5.41) is 0.302. The number of rotatable bonds is 4. The number of hydrogen-bond donors (Lipinski definition) is 0. The van der Waals surface area contributed by atoms with Gasteiger partial charge in [0.15, 0.2) is 5.82 Å². The molecule has 3 aromatic heterocycles. The molecule has 0 radical (unpaired) electrons. The molecule has 9 heteroatoms. The first kappa shape index (κ1) is 16.7. The number of carbonyl (C=O) groups excluding carboxylic acids is 1. The summed E-state index contributed by atoms with van der Waals surface area (Å²) in [6.07, 6.45) is 1.37. The van der Waals surface area contributed by atoms with Crippen molar-refractivity contribution in [3.05, 3.63) is 43.0 Å². The molecular weight excluding hydrogens is 335 g/mol. The van der Waals surface area contributed by atoms with Gasteiger partial charge < -0.3 is 0 Å². The van der Waals surface area contributed by atoms with E-state index in [9.17, 15) is 18.0 Å². The maximum absolute atomic E-state index is 13.1. The van der Waals surface area contributed by atoms with Crippen LogP contribution >= 0.6 is 0 Å². The highest BCUT2D eigenvalue weighted by Gasteiger charge is 2.41. The van der Waals surface area contributed by atoms with Crippen LogP contribution < -0.4 is 4.90 Å². The number of halogens is 3. The zero-order valence-electron chi connectivity index (χ0n) is 13.0. The number of hydrogen-bond acceptors (Lipinski definition) is 5. The van der Waals surface area contributed by atoms with Gasteiger partial charge in [-0.25, -0.2) is 9.97 Å². The van der Waals surface area contributed by atoms with Crippen molar-refractivity contribution in [3.8, 4) is 11.4 Å². The van der Waals surface area contributed by atoms with Crippen molar-refractivity contribution >= 4 is 23.1 Å². The fourth-order valence-electron chi connectivity index (χ4n) is 2.27. The van der Waals surface area contributed by atoms with Crippen LogP contribution in [0.3, 0.4) is 0 Å². The predicted octanol–water partition coefficient (Wildman–Crippen LogP) is 3.00. The lowest BCUT2D eigenvalue weighted by Crippen LogP contribution is -2.43. The number of fused-ring (bicyclic) bond motifs is 1. The molecular formula is C16H12F3N5O. The monoisotopic (exact) mass is 347 g/mol. The van der Waals surface area contributed by atoms with Gasteiger partial charge in [-0.3, -0.25) is 19.7 Å².